The molecule has 6 nitrogen and oxygen atoms in total. The van der Waals surface area contributed by atoms with E-state index in [1.807, 2.05) is 18.2 Å². The second-order valence-corrected chi connectivity index (χ2v) is 4.62. The Kier molecular flexibility index (Phi) is 4.37. The smallest absolute Gasteiger partial charge is 0.328 e. The summed E-state index contributed by atoms with van der Waals surface area (Å²) in [5, 5.41) is 2.72. The van der Waals surface area contributed by atoms with Gasteiger partial charge in [0.1, 0.15) is 11.9 Å². The van der Waals surface area contributed by atoms with Gasteiger partial charge in [-0.05, 0) is 19.1 Å². The maximum atomic E-state index is 11.7. The summed E-state index contributed by atoms with van der Waals surface area (Å²) in [6.45, 7) is 3.20. The zero-order chi connectivity index (χ0) is 15.4. The van der Waals surface area contributed by atoms with Crippen LogP contribution >= 0.6 is 0 Å². The zero-order valence-electron chi connectivity index (χ0n) is 12.2. The lowest BCUT2D eigenvalue weighted by Crippen LogP contribution is -2.18. The van der Waals surface area contributed by atoms with Crippen LogP contribution in [0.5, 0.6) is 0 Å². The molecule has 0 saturated heterocycles. The maximum absolute atomic E-state index is 11.7. The Balaban J connectivity index is 2.37. The van der Waals surface area contributed by atoms with Gasteiger partial charge in [-0.25, -0.2) is 9.78 Å². The highest BCUT2D eigenvalue weighted by Gasteiger charge is 2.19. The Hall–Kier alpha value is -2.63. The van der Waals surface area contributed by atoms with Crippen molar-refractivity contribution in [1.82, 2.24) is 9.55 Å². The Morgan fingerprint density at radius 1 is 1.38 bits per heavy atom. The van der Waals surface area contributed by atoms with Crippen LogP contribution in [-0.4, -0.2) is 28.5 Å². The van der Waals surface area contributed by atoms with Gasteiger partial charge in [-0.3, -0.25) is 4.79 Å². The predicted molar refractivity (Wildman–Crippen MR) is 78.7 cm³/mol. The minimum Gasteiger partial charge on any atom is -0.467 e. The van der Waals surface area contributed by atoms with Crippen LogP contribution in [0, 0.1) is 0 Å². The van der Waals surface area contributed by atoms with Crippen LogP contribution in [-0.2, 0) is 14.3 Å². The molecular weight excluding hydrogens is 270 g/mol. The van der Waals surface area contributed by atoms with Crippen molar-refractivity contribution < 1.29 is 14.3 Å². The van der Waals surface area contributed by atoms with E-state index in [-0.39, 0.29) is 11.9 Å². The minimum absolute atomic E-state index is 0.140. The fourth-order valence-electron chi connectivity index (χ4n) is 2.07. The quantitative estimate of drug-likeness (QED) is 0.875. The van der Waals surface area contributed by atoms with E-state index >= 15 is 0 Å². The number of aromatic nitrogens is 2. The second-order valence-electron chi connectivity index (χ2n) is 4.62. The number of nitrogens with one attached hydrogen (secondary N) is 1. The number of esters is 1. The number of ether oxygens (including phenoxy) is 1. The SMILES string of the molecule is COC(=O)C(C)n1ccnc1-c1cccc(NC(C)=O)c1. The van der Waals surface area contributed by atoms with Crippen LogP contribution in [0.2, 0.25) is 0 Å². The molecule has 0 bridgehead atoms. The number of nitrogens with zero attached hydrogens (tertiary/aromatic N) is 2. The second kappa shape index (κ2) is 6.21. The Morgan fingerprint density at radius 2 is 2.14 bits per heavy atom. The molecular formula is C15H17N3O3. The van der Waals surface area contributed by atoms with Gasteiger partial charge < -0.3 is 14.6 Å². The number of imidazole rings is 1. The molecule has 0 saturated carbocycles. The van der Waals surface area contributed by atoms with E-state index in [0.717, 1.165) is 5.56 Å². The summed E-state index contributed by atoms with van der Waals surface area (Å²) in [7, 11) is 1.35. The topological polar surface area (TPSA) is 73.2 Å². The third-order valence-electron chi connectivity index (χ3n) is 3.07. The number of anilines is 1. The van der Waals surface area contributed by atoms with Gasteiger partial charge >= 0.3 is 5.97 Å². The maximum Gasteiger partial charge on any atom is 0.328 e. The van der Waals surface area contributed by atoms with Crippen molar-refractivity contribution >= 4 is 17.6 Å². The fourth-order valence-corrected chi connectivity index (χ4v) is 2.07. The first-order chi connectivity index (χ1) is 10.0. The van der Waals surface area contributed by atoms with Gasteiger partial charge in [0.15, 0.2) is 0 Å². The van der Waals surface area contributed by atoms with Crippen LogP contribution in [0.4, 0.5) is 5.69 Å². The van der Waals surface area contributed by atoms with E-state index in [9.17, 15) is 9.59 Å². The number of carbonyl (C=O) groups is 2. The standard InChI is InChI=1S/C15H17N3O3/c1-10(15(20)21-3)18-8-7-16-14(18)12-5-4-6-13(9-12)17-11(2)19/h4-10H,1-3H3,(H,17,19). The predicted octanol–water partition coefficient (Wildman–Crippen LogP) is 2.24. The van der Waals surface area contributed by atoms with Crippen molar-refractivity contribution in [3.63, 3.8) is 0 Å². The number of methoxy groups -OCH3 is 1. The number of hydrogen-bond acceptors (Lipinski definition) is 4. The van der Waals surface area contributed by atoms with Crippen molar-refractivity contribution in [2.24, 2.45) is 0 Å². The van der Waals surface area contributed by atoms with Gasteiger partial charge in [-0.15, -0.1) is 0 Å². The first-order valence-electron chi connectivity index (χ1n) is 6.51. The van der Waals surface area contributed by atoms with Gasteiger partial charge in [-0.1, -0.05) is 12.1 Å². The van der Waals surface area contributed by atoms with E-state index in [2.05, 4.69) is 10.3 Å². The van der Waals surface area contributed by atoms with Crippen molar-refractivity contribution in [2.75, 3.05) is 12.4 Å². The average Bonchev–Trinajstić information content (AvgIpc) is 2.94. The molecule has 1 heterocycles. The van der Waals surface area contributed by atoms with Gasteiger partial charge in [0.05, 0.1) is 7.11 Å². The lowest BCUT2D eigenvalue weighted by atomic mass is 10.1. The van der Waals surface area contributed by atoms with E-state index in [0.29, 0.717) is 11.5 Å². The number of amides is 1. The molecule has 1 amide bonds. The normalized spacial score (nSPS) is 11.8. The lowest BCUT2D eigenvalue weighted by Gasteiger charge is -2.14. The molecule has 2 rings (SSSR count). The van der Waals surface area contributed by atoms with Gasteiger partial charge in [0, 0.05) is 30.6 Å². The first-order valence-corrected chi connectivity index (χ1v) is 6.51. The number of rotatable bonds is 4. The average molecular weight is 287 g/mol. The van der Waals surface area contributed by atoms with Crippen LogP contribution in [0.15, 0.2) is 36.7 Å². The van der Waals surface area contributed by atoms with Crippen molar-refractivity contribution in [3.8, 4) is 11.4 Å². The summed E-state index contributed by atoms with van der Waals surface area (Å²) in [5.74, 6) is 0.158. The largest absolute Gasteiger partial charge is 0.467 e. The molecule has 0 fully saturated rings. The molecule has 1 atom stereocenters. The molecule has 0 spiro atoms. The number of carbonyl (C=O) groups excluding carboxylic acids is 2. The molecule has 21 heavy (non-hydrogen) atoms. The highest BCUT2D eigenvalue weighted by molar-refractivity contribution is 5.89. The molecule has 2 aromatic rings. The van der Waals surface area contributed by atoms with E-state index in [1.165, 1.54) is 14.0 Å². The van der Waals surface area contributed by atoms with E-state index < -0.39 is 6.04 Å². The molecule has 0 aliphatic carbocycles. The summed E-state index contributed by atoms with van der Waals surface area (Å²) >= 11 is 0. The first kappa shape index (κ1) is 14.8. The molecule has 1 unspecified atom stereocenters. The van der Waals surface area contributed by atoms with Gasteiger partial charge in [0.25, 0.3) is 0 Å². The molecule has 6 heteroatoms. The highest BCUT2D eigenvalue weighted by atomic mass is 16.5. The third kappa shape index (κ3) is 3.28. The van der Waals surface area contributed by atoms with Crippen molar-refractivity contribution in [1.29, 1.82) is 0 Å². The van der Waals surface area contributed by atoms with Gasteiger partial charge in [-0.2, -0.15) is 0 Å². The summed E-state index contributed by atoms with van der Waals surface area (Å²) in [5.41, 5.74) is 1.49. The fraction of sp³-hybridized carbons (Fsp3) is 0.267. The molecule has 110 valence electrons. The number of hydrogen-bond donors (Lipinski definition) is 1. The van der Waals surface area contributed by atoms with Crippen LogP contribution < -0.4 is 5.32 Å². The Morgan fingerprint density at radius 3 is 2.81 bits per heavy atom. The molecule has 1 aromatic heterocycles. The molecule has 1 aromatic carbocycles. The molecule has 0 aliphatic heterocycles. The summed E-state index contributed by atoms with van der Waals surface area (Å²) in [6, 6.07) is 6.82. The Labute approximate surface area is 122 Å². The molecule has 1 N–H and O–H groups in total. The van der Waals surface area contributed by atoms with Gasteiger partial charge in [0.2, 0.25) is 5.91 Å². The Bertz CT molecular complexity index is 664. The summed E-state index contributed by atoms with van der Waals surface area (Å²) in [6.07, 6.45) is 3.35. The highest BCUT2D eigenvalue weighted by Crippen LogP contribution is 2.24. The van der Waals surface area contributed by atoms with Crippen molar-refractivity contribution in [2.45, 2.75) is 19.9 Å². The lowest BCUT2D eigenvalue weighted by molar-refractivity contribution is -0.144. The number of benzene rings is 1. The summed E-state index contributed by atoms with van der Waals surface area (Å²) in [4.78, 5) is 27.1. The minimum atomic E-state index is -0.475. The molecule has 0 radical (unpaired) electrons. The summed E-state index contributed by atoms with van der Waals surface area (Å²) < 4.78 is 6.49. The van der Waals surface area contributed by atoms with Crippen LogP contribution in [0.3, 0.4) is 0 Å². The van der Waals surface area contributed by atoms with Crippen LogP contribution in [0.25, 0.3) is 11.4 Å². The zero-order valence-corrected chi connectivity index (χ0v) is 12.2. The van der Waals surface area contributed by atoms with E-state index in [1.54, 1.807) is 30.0 Å². The third-order valence-corrected chi connectivity index (χ3v) is 3.07. The van der Waals surface area contributed by atoms with Crippen LogP contribution in [0.1, 0.15) is 19.9 Å². The monoisotopic (exact) mass is 287 g/mol. The molecule has 0 aliphatic rings. The van der Waals surface area contributed by atoms with E-state index in [4.69, 9.17) is 4.74 Å². The van der Waals surface area contributed by atoms with Crippen molar-refractivity contribution in [3.05, 3.63) is 36.7 Å².